The molecule has 0 radical (unpaired) electrons. The molecule has 3 heteroatoms. The third-order valence-electron chi connectivity index (χ3n) is 4.40. The van der Waals surface area contributed by atoms with E-state index in [0.717, 1.165) is 25.3 Å². The monoisotopic (exact) mass is 291 g/mol. The van der Waals surface area contributed by atoms with Crippen molar-refractivity contribution in [2.45, 2.75) is 51.5 Å². The Bertz CT molecular complexity index is 459. The van der Waals surface area contributed by atoms with Gasteiger partial charge in [0.15, 0.2) is 0 Å². The van der Waals surface area contributed by atoms with Gasteiger partial charge in [0.05, 0.1) is 7.11 Å². The Morgan fingerprint density at radius 2 is 1.90 bits per heavy atom. The number of methoxy groups -OCH3 is 1. The number of benzene rings is 1. The maximum Gasteiger partial charge on any atom is 0.122 e. The molecule has 1 aliphatic heterocycles. The van der Waals surface area contributed by atoms with Crippen molar-refractivity contribution in [1.82, 2.24) is 4.90 Å². The van der Waals surface area contributed by atoms with Crippen molar-refractivity contribution >= 4 is 0 Å². The summed E-state index contributed by atoms with van der Waals surface area (Å²) in [5.74, 6) is 0.954. The molecule has 1 heterocycles. The van der Waals surface area contributed by atoms with Crippen LogP contribution in [0.3, 0.4) is 0 Å². The zero-order valence-electron chi connectivity index (χ0n) is 13.9. The zero-order chi connectivity index (χ0) is 15.5. The Morgan fingerprint density at radius 3 is 2.43 bits per heavy atom. The number of likely N-dealkylation sites (tertiary alicyclic amines) is 1. The van der Waals surface area contributed by atoms with Crippen molar-refractivity contribution in [3.8, 4) is 5.75 Å². The first-order valence-electron chi connectivity index (χ1n) is 8.00. The molecule has 1 aromatic rings. The van der Waals surface area contributed by atoms with E-state index in [9.17, 15) is 5.11 Å². The molecule has 1 fully saturated rings. The summed E-state index contributed by atoms with van der Waals surface area (Å²) >= 11 is 0. The van der Waals surface area contributed by atoms with Crippen molar-refractivity contribution < 1.29 is 9.84 Å². The van der Waals surface area contributed by atoms with Gasteiger partial charge in [0, 0.05) is 12.6 Å². The van der Waals surface area contributed by atoms with Crippen LogP contribution in [-0.4, -0.2) is 36.8 Å². The molecule has 2 rings (SSSR count). The number of ether oxygens (including phenoxy) is 1. The normalized spacial score (nSPS) is 18.0. The zero-order valence-corrected chi connectivity index (χ0v) is 13.9. The van der Waals surface area contributed by atoms with Crippen molar-refractivity contribution in [2.75, 3.05) is 26.8 Å². The molecule has 0 aromatic heterocycles. The lowest BCUT2D eigenvalue weighted by atomic mass is 9.84. The average molecular weight is 291 g/mol. The number of aliphatic hydroxyl groups is 1. The lowest BCUT2D eigenvalue weighted by Gasteiger charge is -2.30. The highest BCUT2D eigenvalue weighted by Crippen LogP contribution is 2.36. The van der Waals surface area contributed by atoms with Crippen LogP contribution in [0.1, 0.15) is 57.2 Å². The van der Waals surface area contributed by atoms with Gasteiger partial charge in [0.25, 0.3) is 0 Å². The van der Waals surface area contributed by atoms with Crippen LogP contribution in [0.5, 0.6) is 5.75 Å². The second-order valence-corrected chi connectivity index (χ2v) is 6.98. The minimum atomic E-state index is 0.0517. The number of hydrogen-bond donors (Lipinski definition) is 1. The van der Waals surface area contributed by atoms with E-state index in [1.807, 2.05) is 0 Å². The first-order valence-corrected chi connectivity index (χ1v) is 8.00. The molecule has 0 amide bonds. The molecule has 0 saturated carbocycles. The molecule has 1 atom stereocenters. The summed E-state index contributed by atoms with van der Waals surface area (Å²) in [6.45, 7) is 9.16. The first kappa shape index (κ1) is 16.3. The molecule has 1 aromatic carbocycles. The second-order valence-electron chi connectivity index (χ2n) is 6.98. The third kappa shape index (κ3) is 3.78. The molecule has 21 heavy (non-hydrogen) atoms. The highest BCUT2D eigenvalue weighted by Gasteiger charge is 2.26. The fourth-order valence-corrected chi connectivity index (χ4v) is 3.25. The molecule has 0 aliphatic carbocycles. The van der Waals surface area contributed by atoms with Crippen LogP contribution in [0.4, 0.5) is 0 Å². The van der Waals surface area contributed by atoms with Gasteiger partial charge in [-0.25, -0.2) is 0 Å². The molecular formula is C18H29NO2. The number of aliphatic hydroxyl groups excluding tert-OH is 1. The summed E-state index contributed by atoms with van der Waals surface area (Å²) in [6, 6.07) is 6.84. The van der Waals surface area contributed by atoms with Crippen molar-refractivity contribution in [3.63, 3.8) is 0 Å². The summed E-state index contributed by atoms with van der Waals surface area (Å²) in [5.41, 5.74) is 2.59. The van der Waals surface area contributed by atoms with Crippen LogP contribution in [0, 0.1) is 0 Å². The van der Waals surface area contributed by atoms with Crippen LogP contribution in [0.2, 0.25) is 0 Å². The summed E-state index contributed by atoms with van der Waals surface area (Å²) in [6.07, 6.45) is 3.34. The predicted molar refractivity (Wildman–Crippen MR) is 86.9 cm³/mol. The molecule has 1 N–H and O–H groups in total. The molecule has 3 nitrogen and oxygen atoms in total. The van der Waals surface area contributed by atoms with E-state index in [1.165, 1.54) is 24.0 Å². The molecule has 1 aliphatic rings. The number of hydrogen-bond acceptors (Lipinski definition) is 3. The van der Waals surface area contributed by atoms with Gasteiger partial charge in [0.1, 0.15) is 5.75 Å². The maximum absolute atomic E-state index is 9.44. The molecule has 1 saturated heterocycles. The van der Waals surface area contributed by atoms with Crippen molar-refractivity contribution in [2.24, 2.45) is 0 Å². The van der Waals surface area contributed by atoms with Crippen molar-refractivity contribution in [3.05, 3.63) is 29.3 Å². The van der Waals surface area contributed by atoms with E-state index in [1.54, 1.807) is 7.11 Å². The Balaban J connectivity index is 2.36. The van der Waals surface area contributed by atoms with E-state index in [2.05, 4.69) is 43.9 Å². The summed E-state index contributed by atoms with van der Waals surface area (Å²) in [4.78, 5) is 2.50. The molecule has 1 unspecified atom stereocenters. The van der Waals surface area contributed by atoms with E-state index in [0.29, 0.717) is 6.04 Å². The Labute approximate surface area is 128 Å². The quantitative estimate of drug-likeness (QED) is 0.901. The maximum atomic E-state index is 9.44. The lowest BCUT2D eigenvalue weighted by Crippen LogP contribution is -2.27. The molecule has 0 spiro atoms. The van der Waals surface area contributed by atoms with E-state index < -0.39 is 0 Å². The van der Waals surface area contributed by atoms with Crippen LogP contribution < -0.4 is 4.74 Å². The van der Waals surface area contributed by atoms with Crippen LogP contribution >= 0.6 is 0 Å². The predicted octanol–water partition coefficient (Wildman–Crippen LogP) is 3.51. The summed E-state index contributed by atoms with van der Waals surface area (Å²) in [5, 5.41) is 9.44. The third-order valence-corrected chi connectivity index (χ3v) is 4.40. The largest absolute Gasteiger partial charge is 0.496 e. The standard InChI is InChI=1S/C18H29NO2/c1-18(2,3)15-13-14(7-8-17(15)21-4)16(9-12-20)19-10-5-6-11-19/h7-8,13,16,20H,5-6,9-12H2,1-4H3. The van der Waals surface area contributed by atoms with Gasteiger partial charge >= 0.3 is 0 Å². The van der Waals surface area contributed by atoms with Crippen LogP contribution in [0.15, 0.2) is 18.2 Å². The van der Waals surface area contributed by atoms with Gasteiger partial charge in [-0.15, -0.1) is 0 Å². The van der Waals surface area contributed by atoms with Gasteiger partial charge in [-0.1, -0.05) is 26.8 Å². The molecule has 0 bridgehead atoms. The minimum Gasteiger partial charge on any atom is -0.496 e. The van der Waals surface area contributed by atoms with Gasteiger partial charge in [-0.05, 0) is 61.0 Å². The van der Waals surface area contributed by atoms with E-state index in [-0.39, 0.29) is 12.0 Å². The van der Waals surface area contributed by atoms with E-state index in [4.69, 9.17) is 4.74 Å². The summed E-state index contributed by atoms with van der Waals surface area (Å²) in [7, 11) is 1.73. The average Bonchev–Trinajstić information content (AvgIpc) is 2.97. The minimum absolute atomic E-state index is 0.0517. The number of nitrogens with zero attached hydrogens (tertiary/aromatic N) is 1. The Morgan fingerprint density at radius 1 is 1.24 bits per heavy atom. The smallest absolute Gasteiger partial charge is 0.122 e. The lowest BCUT2D eigenvalue weighted by molar-refractivity contribution is 0.185. The van der Waals surface area contributed by atoms with Gasteiger partial charge in [-0.3, -0.25) is 4.90 Å². The fourth-order valence-electron chi connectivity index (χ4n) is 3.25. The molecular weight excluding hydrogens is 262 g/mol. The highest BCUT2D eigenvalue weighted by atomic mass is 16.5. The highest BCUT2D eigenvalue weighted by molar-refractivity contribution is 5.42. The van der Waals surface area contributed by atoms with E-state index >= 15 is 0 Å². The van der Waals surface area contributed by atoms with Crippen LogP contribution in [0.25, 0.3) is 0 Å². The fraction of sp³-hybridized carbons (Fsp3) is 0.667. The van der Waals surface area contributed by atoms with Gasteiger partial charge < -0.3 is 9.84 Å². The molecule has 118 valence electrons. The second kappa shape index (κ2) is 6.80. The Kier molecular flexibility index (Phi) is 5.28. The van der Waals surface area contributed by atoms with Gasteiger partial charge in [-0.2, -0.15) is 0 Å². The summed E-state index contributed by atoms with van der Waals surface area (Å²) < 4.78 is 5.53. The Hall–Kier alpha value is -1.06. The SMILES string of the molecule is COc1ccc(C(CCO)N2CCCC2)cc1C(C)(C)C. The van der Waals surface area contributed by atoms with Crippen molar-refractivity contribution in [1.29, 1.82) is 0 Å². The van der Waals surface area contributed by atoms with Crippen LogP contribution in [-0.2, 0) is 5.41 Å². The van der Waals surface area contributed by atoms with Gasteiger partial charge in [0.2, 0.25) is 0 Å². The first-order chi connectivity index (χ1) is 9.97. The number of rotatable bonds is 5. The topological polar surface area (TPSA) is 32.7 Å².